The van der Waals surface area contributed by atoms with Crippen molar-refractivity contribution in [2.75, 3.05) is 7.05 Å². The molecule has 0 aliphatic heterocycles. The lowest BCUT2D eigenvalue weighted by molar-refractivity contribution is -0.149. The third-order valence-corrected chi connectivity index (χ3v) is 4.27. The van der Waals surface area contributed by atoms with Gasteiger partial charge in [-0.25, -0.2) is 9.59 Å². The van der Waals surface area contributed by atoms with E-state index in [0.717, 1.165) is 5.56 Å². The number of likely N-dealkylation sites (N-methyl/N-ethyl adjacent to an activating group) is 1. The van der Waals surface area contributed by atoms with E-state index >= 15 is 0 Å². The minimum Gasteiger partial charge on any atom is -0.459 e. The molecule has 3 amide bonds. The minimum atomic E-state index is -1.29. The van der Waals surface area contributed by atoms with Crippen molar-refractivity contribution in [3.05, 3.63) is 35.9 Å². The highest BCUT2D eigenvalue weighted by atomic mass is 16.6. The SMILES string of the molecule is CNC(=O)C(NC(=O)C[C@@H](NC(=O)OC(C)(C)C)C(=O)OCc1ccccc1)C(C)(C)C. The quantitative estimate of drug-likeness (QED) is 0.523. The average molecular weight is 450 g/mol. The van der Waals surface area contributed by atoms with E-state index in [-0.39, 0.29) is 12.5 Å². The summed E-state index contributed by atoms with van der Waals surface area (Å²) < 4.78 is 10.5. The van der Waals surface area contributed by atoms with Crippen LogP contribution in [0, 0.1) is 5.41 Å². The number of ether oxygens (including phenoxy) is 2. The van der Waals surface area contributed by atoms with Gasteiger partial charge < -0.3 is 25.4 Å². The van der Waals surface area contributed by atoms with Crippen LogP contribution in [0.1, 0.15) is 53.5 Å². The van der Waals surface area contributed by atoms with Crippen LogP contribution >= 0.6 is 0 Å². The summed E-state index contributed by atoms with van der Waals surface area (Å²) in [5, 5.41) is 7.55. The van der Waals surface area contributed by atoms with Gasteiger partial charge >= 0.3 is 12.1 Å². The van der Waals surface area contributed by atoms with Crippen molar-refractivity contribution in [2.24, 2.45) is 5.41 Å². The summed E-state index contributed by atoms with van der Waals surface area (Å²) >= 11 is 0. The van der Waals surface area contributed by atoms with E-state index in [1.165, 1.54) is 7.05 Å². The lowest BCUT2D eigenvalue weighted by Crippen LogP contribution is -2.54. The standard InChI is InChI=1S/C23H35N3O6/c1-22(2,3)18(19(28)24-7)26-17(27)13-16(25-21(30)32-23(4,5)6)20(29)31-14-15-11-9-8-10-12-15/h8-12,16,18H,13-14H2,1-7H3,(H,24,28)(H,25,30)(H,26,27)/t16-,18?/m1/s1. The van der Waals surface area contributed by atoms with Crippen molar-refractivity contribution < 1.29 is 28.7 Å². The van der Waals surface area contributed by atoms with Gasteiger partial charge in [-0.3, -0.25) is 9.59 Å². The molecule has 9 heteroatoms. The van der Waals surface area contributed by atoms with Crippen LogP contribution in [0.2, 0.25) is 0 Å². The first-order valence-corrected chi connectivity index (χ1v) is 10.4. The van der Waals surface area contributed by atoms with Crippen LogP contribution in [0.25, 0.3) is 0 Å². The summed E-state index contributed by atoms with van der Waals surface area (Å²) in [7, 11) is 1.47. The first-order valence-electron chi connectivity index (χ1n) is 10.4. The van der Waals surface area contributed by atoms with Crippen molar-refractivity contribution in [3.63, 3.8) is 0 Å². The van der Waals surface area contributed by atoms with Crippen molar-refractivity contribution >= 4 is 23.9 Å². The summed E-state index contributed by atoms with van der Waals surface area (Å²) in [5.41, 5.74) is -0.604. The van der Waals surface area contributed by atoms with Gasteiger partial charge in [-0.05, 0) is 31.7 Å². The van der Waals surface area contributed by atoms with Crippen molar-refractivity contribution in [1.29, 1.82) is 0 Å². The molecule has 0 saturated heterocycles. The first-order chi connectivity index (χ1) is 14.7. The molecule has 0 saturated carbocycles. The van der Waals surface area contributed by atoms with Gasteiger partial charge in [0.2, 0.25) is 11.8 Å². The summed E-state index contributed by atoms with van der Waals surface area (Å²) in [6.45, 7) is 10.4. The summed E-state index contributed by atoms with van der Waals surface area (Å²) in [4.78, 5) is 49.8. The third kappa shape index (κ3) is 9.80. The van der Waals surface area contributed by atoms with E-state index in [2.05, 4.69) is 16.0 Å². The van der Waals surface area contributed by atoms with Crippen molar-refractivity contribution in [2.45, 2.75) is 72.3 Å². The van der Waals surface area contributed by atoms with E-state index in [9.17, 15) is 19.2 Å². The van der Waals surface area contributed by atoms with Crippen LogP contribution in [0.3, 0.4) is 0 Å². The molecule has 178 valence electrons. The first kappa shape index (κ1) is 26.9. The molecule has 9 nitrogen and oxygen atoms in total. The fourth-order valence-electron chi connectivity index (χ4n) is 2.70. The highest BCUT2D eigenvalue weighted by molar-refractivity contribution is 5.91. The second-order valence-electron chi connectivity index (χ2n) is 9.48. The minimum absolute atomic E-state index is 0.0172. The summed E-state index contributed by atoms with van der Waals surface area (Å²) in [6, 6.07) is 6.89. The number of hydrogen-bond acceptors (Lipinski definition) is 6. The van der Waals surface area contributed by atoms with E-state index < -0.39 is 47.5 Å². The number of rotatable bonds is 8. The summed E-state index contributed by atoms with van der Waals surface area (Å²) in [6.07, 6.45) is -1.28. The zero-order valence-electron chi connectivity index (χ0n) is 19.9. The maximum absolute atomic E-state index is 12.7. The Labute approximate surface area is 189 Å². The maximum Gasteiger partial charge on any atom is 0.408 e. The zero-order chi connectivity index (χ0) is 24.5. The number of amides is 3. The number of alkyl carbamates (subject to hydrolysis) is 1. The van der Waals surface area contributed by atoms with Gasteiger partial charge in [-0.1, -0.05) is 51.1 Å². The highest BCUT2D eigenvalue weighted by Crippen LogP contribution is 2.19. The fraction of sp³-hybridized carbons (Fsp3) is 0.565. The number of benzene rings is 1. The molecule has 0 heterocycles. The Morgan fingerprint density at radius 2 is 1.53 bits per heavy atom. The lowest BCUT2D eigenvalue weighted by Gasteiger charge is -2.30. The number of carbonyl (C=O) groups excluding carboxylic acids is 4. The van der Waals surface area contributed by atoms with E-state index in [1.807, 2.05) is 6.07 Å². The van der Waals surface area contributed by atoms with Crippen LogP contribution in [0.5, 0.6) is 0 Å². The molecule has 32 heavy (non-hydrogen) atoms. The lowest BCUT2D eigenvalue weighted by atomic mass is 9.86. The molecule has 2 atom stereocenters. The number of carbonyl (C=O) groups is 4. The molecular weight excluding hydrogens is 414 g/mol. The molecule has 0 fully saturated rings. The van der Waals surface area contributed by atoms with Gasteiger partial charge in [0, 0.05) is 7.05 Å². The Morgan fingerprint density at radius 1 is 0.938 bits per heavy atom. The van der Waals surface area contributed by atoms with Crippen molar-refractivity contribution in [1.82, 2.24) is 16.0 Å². The van der Waals surface area contributed by atoms with Gasteiger partial charge in [-0.2, -0.15) is 0 Å². The number of esters is 1. The largest absolute Gasteiger partial charge is 0.459 e. The van der Waals surface area contributed by atoms with Gasteiger partial charge in [0.1, 0.15) is 24.3 Å². The monoisotopic (exact) mass is 449 g/mol. The molecule has 3 N–H and O–H groups in total. The average Bonchev–Trinajstić information content (AvgIpc) is 2.67. The van der Waals surface area contributed by atoms with Gasteiger partial charge in [0.25, 0.3) is 0 Å². The van der Waals surface area contributed by atoms with E-state index in [0.29, 0.717) is 0 Å². The van der Waals surface area contributed by atoms with Crippen LogP contribution in [0.4, 0.5) is 4.79 Å². The molecule has 1 rings (SSSR count). The van der Waals surface area contributed by atoms with Crippen LogP contribution in [-0.2, 0) is 30.5 Å². The Morgan fingerprint density at radius 3 is 2.03 bits per heavy atom. The Bertz CT molecular complexity index is 796. The maximum atomic E-state index is 12.7. The summed E-state index contributed by atoms with van der Waals surface area (Å²) in [5.74, 6) is -1.75. The molecule has 1 unspecified atom stereocenters. The van der Waals surface area contributed by atoms with Crippen molar-refractivity contribution in [3.8, 4) is 0 Å². The van der Waals surface area contributed by atoms with E-state index in [1.54, 1.807) is 65.8 Å². The third-order valence-electron chi connectivity index (χ3n) is 4.27. The van der Waals surface area contributed by atoms with Crippen LogP contribution in [0.15, 0.2) is 30.3 Å². The molecule has 0 aromatic heterocycles. The Hall–Kier alpha value is -3.10. The molecule has 0 radical (unpaired) electrons. The molecular formula is C23H35N3O6. The molecule has 1 aromatic rings. The van der Waals surface area contributed by atoms with Crippen LogP contribution < -0.4 is 16.0 Å². The van der Waals surface area contributed by atoms with E-state index in [4.69, 9.17) is 9.47 Å². The number of hydrogen-bond donors (Lipinski definition) is 3. The van der Waals surface area contributed by atoms with Gasteiger partial charge in [0.15, 0.2) is 0 Å². The molecule has 0 aliphatic carbocycles. The predicted octanol–water partition coefficient (Wildman–Crippen LogP) is 2.29. The topological polar surface area (TPSA) is 123 Å². The number of nitrogens with one attached hydrogen (secondary N) is 3. The normalized spacial score (nSPS) is 13.3. The smallest absolute Gasteiger partial charge is 0.408 e. The molecule has 0 aliphatic rings. The van der Waals surface area contributed by atoms with Crippen LogP contribution in [-0.4, -0.2) is 48.6 Å². The second kappa shape index (κ2) is 11.5. The molecule has 0 bridgehead atoms. The zero-order valence-corrected chi connectivity index (χ0v) is 19.9. The van der Waals surface area contributed by atoms with Gasteiger partial charge in [0.05, 0.1) is 6.42 Å². The van der Waals surface area contributed by atoms with Gasteiger partial charge in [-0.15, -0.1) is 0 Å². The second-order valence-corrected chi connectivity index (χ2v) is 9.48. The predicted molar refractivity (Wildman–Crippen MR) is 119 cm³/mol. The fourth-order valence-corrected chi connectivity index (χ4v) is 2.70. The Kier molecular flexibility index (Phi) is 9.68. The Balaban J connectivity index is 2.92. The molecule has 0 spiro atoms. The highest BCUT2D eigenvalue weighted by Gasteiger charge is 2.34. The molecule has 1 aromatic carbocycles.